The van der Waals surface area contributed by atoms with Gasteiger partial charge in [0.25, 0.3) is 0 Å². The third kappa shape index (κ3) is 4.26. The smallest absolute Gasteiger partial charge is 0.158 e. The van der Waals surface area contributed by atoms with E-state index in [-0.39, 0.29) is 6.10 Å². The van der Waals surface area contributed by atoms with E-state index < -0.39 is 5.82 Å². The summed E-state index contributed by atoms with van der Waals surface area (Å²) in [7, 11) is 0. The first-order valence-corrected chi connectivity index (χ1v) is 12.8. The molecule has 5 heterocycles. The van der Waals surface area contributed by atoms with Crippen LogP contribution in [0.25, 0.3) is 16.6 Å². The summed E-state index contributed by atoms with van der Waals surface area (Å²) in [4.78, 5) is 12.9. The molecule has 2 fully saturated rings. The van der Waals surface area contributed by atoms with E-state index in [4.69, 9.17) is 9.47 Å². The molecule has 2 saturated heterocycles. The lowest BCUT2D eigenvalue weighted by atomic mass is 10.0. The van der Waals surface area contributed by atoms with Crippen LogP contribution in [0.3, 0.4) is 0 Å². The van der Waals surface area contributed by atoms with E-state index in [9.17, 15) is 0 Å². The second-order valence-corrected chi connectivity index (χ2v) is 9.95. The summed E-state index contributed by atoms with van der Waals surface area (Å²) < 4.78 is 29.4. The molecule has 0 spiro atoms. The van der Waals surface area contributed by atoms with Crippen molar-refractivity contribution in [2.75, 3.05) is 5.32 Å². The number of fused-ring (bicyclic) bond motifs is 4. The zero-order valence-corrected chi connectivity index (χ0v) is 20.8. The van der Waals surface area contributed by atoms with Gasteiger partial charge in [0, 0.05) is 35.3 Å². The number of benzene rings is 2. The van der Waals surface area contributed by atoms with Crippen molar-refractivity contribution in [2.45, 2.75) is 50.8 Å². The summed E-state index contributed by atoms with van der Waals surface area (Å²) in [6, 6.07) is 13.8. The molecule has 7 rings (SSSR count). The third-order valence-electron chi connectivity index (χ3n) is 7.41. The number of hydrogen-bond donors (Lipinski definition) is 2. The van der Waals surface area contributed by atoms with Gasteiger partial charge in [-0.25, -0.2) is 23.9 Å². The largest absolute Gasteiger partial charge is 0.490 e. The number of ether oxygens (including phenoxy) is 2. The highest BCUT2D eigenvalue weighted by Crippen LogP contribution is 2.35. The number of piperidine rings is 1. The Morgan fingerprint density at radius 1 is 0.974 bits per heavy atom. The molecule has 3 aromatic heterocycles. The first kappa shape index (κ1) is 22.9. The number of nitrogens with one attached hydrogen (secondary N) is 2. The van der Waals surface area contributed by atoms with Gasteiger partial charge < -0.3 is 20.1 Å². The van der Waals surface area contributed by atoms with E-state index in [1.54, 1.807) is 41.9 Å². The number of halogens is 1. The van der Waals surface area contributed by atoms with Gasteiger partial charge >= 0.3 is 0 Å². The first-order valence-electron chi connectivity index (χ1n) is 12.8. The van der Waals surface area contributed by atoms with Gasteiger partial charge in [0.05, 0.1) is 11.2 Å². The van der Waals surface area contributed by atoms with Crippen LogP contribution in [0.15, 0.2) is 61.3 Å². The SMILES string of the molecule is Cc1c(Oc2ccn3ncnc3c2)ccc(Nc2ncnc3ccc(OC4CC5CCC(C4)N5)cc23)c1F. The second-order valence-electron chi connectivity index (χ2n) is 9.95. The Kier molecular flexibility index (Phi) is 5.54. The van der Waals surface area contributed by atoms with E-state index in [2.05, 4.69) is 30.7 Å². The molecule has 2 bridgehead atoms. The Hall–Kier alpha value is -4.31. The van der Waals surface area contributed by atoms with Gasteiger partial charge in [-0.05, 0) is 69.0 Å². The molecule has 38 heavy (non-hydrogen) atoms. The number of rotatable bonds is 6. The van der Waals surface area contributed by atoms with Crippen molar-refractivity contribution >= 4 is 28.1 Å². The predicted molar refractivity (Wildman–Crippen MR) is 141 cm³/mol. The highest BCUT2D eigenvalue weighted by molar-refractivity contribution is 5.91. The predicted octanol–water partition coefficient (Wildman–Crippen LogP) is 5.32. The molecule has 192 valence electrons. The molecule has 0 aliphatic carbocycles. The van der Waals surface area contributed by atoms with Crippen molar-refractivity contribution in [3.8, 4) is 17.2 Å². The van der Waals surface area contributed by atoms with Crippen LogP contribution in [0.1, 0.15) is 31.2 Å². The minimum atomic E-state index is -0.421. The minimum Gasteiger partial charge on any atom is -0.490 e. The molecule has 2 atom stereocenters. The molecule has 0 saturated carbocycles. The number of pyridine rings is 1. The fourth-order valence-corrected chi connectivity index (χ4v) is 5.49. The van der Waals surface area contributed by atoms with Crippen LogP contribution in [0, 0.1) is 12.7 Å². The summed E-state index contributed by atoms with van der Waals surface area (Å²) in [6.07, 6.45) is 9.32. The Morgan fingerprint density at radius 3 is 2.71 bits per heavy atom. The van der Waals surface area contributed by atoms with Crippen LogP contribution >= 0.6 is 0 Å². The Balaban J connectivity index is 1.13. The molecular weight excluding hydrogens is 485 g/mol. The van der Waals surface area contributed by atoms with Crippen molar-refractivity contribution in [3.63, 3.8) is 0 Å². The molecule has 2 N–H and O–H groups in total. The molecule has 2 aromatic carbocycles. The van der Waals surface area contributed by atoms with Gasteiger partial charge in [-0.1, -0.05) is 0 Å². The standard InChI is InChI=1S/C28H26FN7O2/c1-16-25(38-20-8-9-36-26(13-20)31-15-33-36)7-6-24(27(16)29)35-28-22-12-19(4-5-23(22)30-14-32-28)37-21-10-17-2-3-18(11-21)34-17/h4-9,12-15,17-18,21,34H,2-3,10-11H2,1H3,(H,30,32,35). The van der Waals surface area contributed by atoms with Crippen LogP contribution in [0.4, 0.5) is 15.9 Å². The van der Waals surface area contributed by atoms with Crippen molar-refractivity contribution < 1.29 is 13.9 Å². The molecule has 5 aromatic rings. The van der Waals surface area contributed by atoms with Crippen molar-refractivity contribution in [1.29, 1.82) is 0 Å². The minimum absolute atomic E-state index is 0.186. The zero-order chi connectivity index (χ0) is 25.6. The number of hydrogen-bond acceptors (Lipinski definition) is 8. The molecule has 0 amide bonds. The molecule has 2 aliphatic rings. The van der Waals surface area contributed by atoms with Gasteiger partial charge in [0.1, 0.15) is 41.8 Å². The fraction of sp³-hybridized carbons (Fsp3) is 0.286. The topological polar surface area (TPSA) is 98.5 Å². The number of nitrogens with zero attached hydrogens (tertiary/aromatic N) is 5. The lowest BCUT2D eigenvalue weighted by molar-refractivity contribution is 0.137. The normalized spacial score (nSPS) is 20.6. The van der Waals surface area contributed by atoms with E-state index >= 15 is 4.39 Å². The van der Waals surface area contributed by atoms with Crippen LogP contribution in [-0.4, -0.2) is 42.8 Å². The van der Waals surface area contributed by atoms with Crippen molar-refractivity contribution in [3.05, 3.63) is 72.7 Å². The molecule has 2 unspecified atom stereocenters. The maximum absolute atomic E-state index is 15.5. The van der Waals surface area contributed by atoms with Crippen molar-refractivity contribution in [1.82, 2.24) is 29.9 Å². The van der Waals surface area contributed by atoms with E-state index in [1.807, 2.05) is 18.2 Å². The van der Waals surface area contributed by atoms with E-state index in [0.717, 1.165) is 29.5 Å². The number of aromatic nitrogens is 5. The molecule has 2 aliphatic heterocycles. The molecule has 9 nitrogen and oxygen atoms in total. The van der Waals surface area contributed by atoms with Crippen LogP contribution in [0.5, 0.6) is 17.2 Å². The average Bonchev–Trinajstić information content (AvgIpc) is 3.53. The highest BCUT2D eigenvalue weighted by Gasteiger charge is 2.34. The second kappa shape index (κ2) is 9.21. The summed E-state index contributed by atoms with van der Waals surface area (Å²) in [5.41, 5.74) is 2.06. The Bertz CT molecular complexity index is 1640. The van der Waals surface area contributed by atoms with Crippen molar-refractivity contribution in [2.24, 2.45) is 0 Å². The van der Waals surface area contributed by atoms with Crippen LogP contribution < -0.4 is 20.1 Å². The fourth-order valence-electron chi connectivity index (χ4n) is 5.49. The van der Waals surface area contributed by atoms with E-state index in [1.165, 1.54) is 25.5 Å². The lowest BCUT2D eigenvalue weighted by Crippen LogP contribution is -2.42. The molecular formula is C28H26FN7O2. The van der Waals surface area contributed by atoms with Gasteiger partial charge in [0.15, 0.2) is 11.5 Å². The van der Waals surface area contributed by atoms with Gasteiger partial charge in [-0.3, -0.25) is 0 Å². The van der Waals surface area contributed by atoms with Gasteiger partial charge in [-0.15, -0.1) is 0 Å². The third-order valence-corrected chi connectivity index (χ3v) is 7.41. The monoisotopic (exact) mass is 511 g/mol. The quantitative estimate of drug-likeness (QED) is 0.316. The van der Waals surface area contributed by atoms with Crippen LogP contribution in [-0.2, 0) is 0 Å². The zero-order valence-electron chi connectivity index (χ0n) is 20.8. The summed E-state index contributed by atoms with van der Waals surface area (Å²) in [5, 5.41) is 11.6. The van der Waals surface area contributed by atoms with E-state index in [0.29, 0.717) is 46.3 Å². The number of anilines is 2. The Morgan fingerprint density at radius 2 is 1.84 bits per heavy atom. The molecule has 10 heteroatoms. The summed E-state index contributed by atoms with van der Waals surface area (Å²) in [5.74, 6) is 1.82. The Labute approximate surface area is 218 Å². The maximum Gasteiger partial charge on any atom is 0.158 e. The molecule has 0 radical (unpaired) electrons. The lowest BCUT2D eigenvalue weighted by Gasteiger charge is -2.29. The summed E-state index contributed by atoms with van der Waals surface area (Å²) in [6.45, 7) is 1.68. The first-order chi connectivity index (χ1) is 18.6. The highest BCUT2D eigenvalue weighted by atomic mass is 19.1. The summed E-state index contributed by atoms with van der Waals surface area (Å²) >= 11 is 0. The van der Waals surface area contributed by atoms with Crippen LogP contribution in [0.2, 0.25) is 0 Å². The average molecular weight is 512 g/mol. The maximum atomic E-state index is 15.5. The van der Waals surface area contributed by atoms with Gasteiger partial charge in [0.2, 0.25) is 0 Å². The van der Waals surface area contributed by atoms with Gasteiger partial charge in [-0.2, -0.15) is 5.10 Å².